The average molecular weight is 453 g/mol. The highest BCUT2D eigenvalue weighted by molar-refractivity contribution is 14.0. The van der Waals surface area contributed by atoms with E-state index < -0.39 is 0 Å². The molecule has 0 saturated carbocycles. The summed E-state index contributed by atoms with van der Waals surface area (Å²) in [7, 11) is 0. The zero-order chi connectivity index (χ0) is 16.2. The number of nitrogens with one attached hydrogen (secondary N) is 2. The fourth-order valence-corrected chi connectivity index (χ4v) is 2.96. The van der Waals surface area contributed by atoms with Crippen LogP contribution in [0, 0.1) is 0 Å². The molecule has 0 aliphatic heterocycles. The molecule has 1 aromatic heterocycles. The van der Waals surface area contributed by atoms with E-state index in [1.54, 1.807) is 0 Å². The van der Waals surface area contributed by atoms with Gasteiger partial charge in [-0.25, -0.2) is 4.98 Å². The number of aryl methyl sites for hydroxylation is 1. The van der Waals surface area contributed by atoms with Crippen molar-refractivity contribution in [1.29, 1.82) is 0 Å². The Hall–Kier alpha value is -0.410. The Balaban J connectivity index is 0.00000484. The van der Waals surface area contributed by atoms with Crippen LogP contribution in [-0.4, -0.2) is 55.1 Å². The van der Waals surface area contributed by atoms with Gasteiger partial charge in [-0.15, -0.1) is 35.3 Å². The molecule has 0 amide bonds. The Labute approximate surface area is 162 Å². The van der Waals surface area contributed by atoms with Crippen LogP contribution in [0.25, 0.3) is 0 Å². The summed E-state index contributed by atoms with van der Waals surface area (Å²) in [5, 5.41) is 7.89. The number of aliphatic imine (C=N–C) groups is 1. The normalized spacial score (nSPS) is 11.4. The molecule has 0 bridgehead atoms. The van der Waals surface area contributed by atoms with Crippen LogP contribution in [0.3, 0.4) is 0 Å². The summed E-state index contributed by atoms with van der Waals surface area (Å²) in [5.74, 6) is 0.905. The van der Waals surface area contributed by atoms with Gasteiger partial charge in [0.25, 0.3) is 0 Å². The van der Waals surface area contributed by atoms with Gasteiger partial charge in [-0.3, -0.25) is 4.99 Å². The third-order valence-electron chi connectivity index (χ3n) is 3.51. The number of nitrogens with zero attached hydrogens (tertiary/aromatic N) is 3. The van der Waals surface area contributed by atoms with E-state index in [-0.39, 0.29) is 24.0 Å². The Morgan fingerprint density at radius 3 is 2.52 bits per heavy atom. The highest BCUT2D eigenvalue weighted by Crippen LogP contribution is 2.13. The van der Waals surface area contributed by atoms with Gasteiger partial charge in [-0.05, 0) is 26.4 Å². The fourth-order valence-electron chi connectivity index (χ4n) is 2.10. The highest BCUT2D eigenvalue weighted by atomic mass is 127. The molecule has 2 N–H and O–H groups in total. The van der Waals surface area contributed by atoms with E-state index in [2.05, 4.69) is 53.2 Å². The summed E-state index contributed by atoms with van der Waals surface area (Å²) in [6.45, 7) is 14.4. The van der Waals surface area contributed by atoms with Crippen molar-refractivity contribution in [2.24, 2.45) is 4.99 Å². The maximum Gasteiger partial charge on any atom is 0.191 e. The monoisotopic (exact) mass is 453 g/mol. The van der Waals surface area contributed by atoms with Crippen molar-refractivity contribution in [3.8, 4) is 0 Å². The first-order valence-corrected chi connectivity index (χ1v) is 9.23. The maximum atomic E-state index is 4.64. The van der Waals surface area contributed by atoms with Gasteiger partial charge >= 0.3 is 0 Å². The van der Waals surface area contributed by atoms with Gasteiger partial charge in [-0.2, -0.15) is 0 Å². The van der Waals surface area contributed by atoms with Crippen LogP contribution in [0.5, 0.6) is 0 Å². The Kier molecular flexibility index (Phi) is 13.7. The number of guanidine groups is 1. The lowest BCUT2D eigenvalue weighted by atomic mass is 10.4. The van der Waals surface area contributed by atoms with E-state index >= 15 is 0 Å². The van der Waals surface area contributed by atoms with E-state index in [1.807, 2.05) is 17.5 Å². The van der Waals surface area contributed by atoms with E-state index in [1.165, 1.54) is 9.88 Å². The lowest BCUT2D eigenvalue weighted by molar-refractivity contribution is 0.313. The molecule has 1 aromatic rings. The van der Waals surface area contributed by atoms with Crippen LogP contribution in [0.1, 0.15) is 37.6 Å². The molecular formula is C16H32IN5S. The van der Waals surface area contributed by atoms with Crippen molar-refractivity contribution in [2.75, 3.05) is 39.3 Å². The molecule has 0 aliphatic rings. The molecule has 5 nitrogen and oxygen atoms in total. The number of rotatable bonds is 10. The van der Waals surface area contributed by atoms with Crippen LogP contribution in [0.15, 0.2) is 11.2 Å². The van der Waals surface area contributed by atoms with Gasteiger partial charge < -0.3 is 15.5 Å². The summed E-state index contributed by atoms with van der Waals surface area (Å²) < 4.78 is 0. The van der Waals surface area contributed by atoms with Gasteiger partial charge in [0.05, 0.1) is 11.6 Å². The van der Waals surface area contributed by atoms with Crippen molar-refractivity contribution in [3.05, 3.63) is 16.1 Å². The smallest absolute Gasteiger partial charge is 0.191 e. The number of thiazole rings is 1. The molecule has 0 spiro atoms. The fraction of sp³-hybridized carbons (Fsp3) is 0.750. The van der Waals surface area contributed by atoms with Crippen molar-refractivity contribution in [2.45, 2.75) is 40.5 Å². The molecule has 0 aliphatic carbocycles. The van der Waals surface area contributed by atoms with Crippen molar-refractivity contribution in [1.82, 2.24) is 20.5 Å². The zero-order valence-electron chi connectivity index (χ0n) is 14.9. The molecule has 0 fully saturated rings. The zero-order valence-corrected chi connectivity index (χ0v) is 18.0. The third-order valence-corrected chi connectivity index (χ3v) is 4.71. The quantitative estimate of drug-likeness (QED) is 0.325. The predicted molar refractivity (Wildman–Crippen MR) is 112 cm³/mol. The number of halogens is 1. The summed E-state index contributed by atoms with van der Waals surface area (Å²) in [4.78, 5) is 12.8. The second-order valence-electron chi connectivity index (χ2n) is 5.04. The lowest BCUT2D eigenvalue weighted by Crippen LogP contribution is -2.39. The van der Waals surface area contributed by atoms with Crippen LogP contribution in [-0.2, 0) is 12.8 Å². The SMILES string of the molecule is CCNC(=NCCN(CC)CC)NCCc1ncc(CC)s1.I. The first-order chi connectivity index (χ1) is 10.7. The molecule has 0 aromatic carbocycles. The number of likely N-dealkylation sites (N-methyl/N-ethyl adjacent to an activating group) is 1. The number of hydrogen-bond acceptors (Lipinski definition) is 4. The third kappa shape index (κ3) is 9.46. The van der Waals surface area contributed by atoms with E-state index in [9.17, 15) is 0 Å². The summed E-state index contributed by atoms with van der Waals surface area (Å²) in [5.41, 5.74) is 0. The van der Waals surface area contributed by atoms with Crippen molar-refractivity contribution in [3.63, 3.8) is 0 Å². The maximum absolute atomic E-state index is 4.64. The number of aromatic nitrogens is 1. The van der Waals surface area contributed by atoms with E-state index in [0.717, 1.165) is 58.1 Å². The van der Waals surface area contributed by atoms with Gasteiger partial charge in [-0.1, -0.05) is 20.8 Å². The molecule has 1 rings (SSSR count). The summed E-state index contributed by atoms with van der Waals surface area (Å²) >= 11 is 1.81. The topological polar surface area (TPSA) is 52.6 Å². The van der Waals surface area contributed by atoms with E-state index in [4.69, 9.17) is 0 Å². The van der Waals surface area contributed by atoms with Gasteiger partial charge in [0, 0.05) is 37.1 Å². The minimum atomic E-state index is 0. The highest BCUT2D eigenvalue weighted by Gasteiger charge is 2.02. The van der Waals surface area contributed by atoms with Gasteiger partial charge in [0.1, 0.15) is 0 Å². The molecule has 0 unspecified atom stereocenters. The van der Waals surface area contributed by atoms with Crippen molar-refractivity contribution >= 4 is 41.3 Å². The average Bonchev–Trinajstić information content (AvgIpc) is 2.99. The Bertz CT molecular complexity index is 432. The Morgan fingerprint density at radius 1 is 1.22 bits per heavy atom. The second kappa shape index (κ2) is 14.0. The molecule has 0 atom stereocenters. The van der Waals surface area contributed by atoms with Crippen LogP contribution >= 0.6 is 35.3 Å². The van der Waals surface area contributed by atoms with Crippen LogP contribution in [0.4, 0.5) is 0 Å². The standard InChI is InChI=1S/C16H31N5S.HI/c1-5-14-13-20-15(22-14)9-10-18-16(17-6-2)19-11-12-21(7-3)8-4;/h13H,5-12H2,1-4H3,(H2,17,18,19);1H. The first-order valence-electron chi connectivity index (χ1n) is 8.41. The Morgan fingerprint density at radius 2 is 1.96 bits per heavy atom. The molecule has 0 saturated heterocycles. The first kappa shape index (κ1) is 22.6. The van der Waals surface area contributed by atoms with Gasteiger partial charge in [0.15, 0.2) is 5.96 Å². The van der Waals surface area contributed by atoms with Crippen LogP contribution in [0.2, 0.25) is 0 Å². The molecule has 23 heavy (non-hydrogen) atoms. The second-order valence-corrected chi connectivity index (χ2v) is 6.24. The van der Waals surface area contributed by atoms with Crippen LogP contribution < -0.4 is 10.6 Å². The van der Waals surface area contributed by atoms with Gasteiger partial charge in [0.2, 0.25) is 0 Å². The van der Waals surface area contributed by atoms with Crippen molar-refractivity contribution < 1.29 is 0 Å². The van der Waals surface area contributed by atoms with E-state index in [0.29, 0.717) is 0 Å². The molecular weight excluding hydrogens is 421 g/mol. The molecule has 1 heterocycles. The largest absolute Gasteiger partial charge is 0.357 e. The lowest BCUT2D eigenvalue weighted by Gasteiger charge is -2.17. The summed E-state index contributed by atoms with van der Waals surface area (Å²) in [6.07, 6.45) is 4.01. The number of hydrogen-bond donors (Lipinski definition) is 2. The summed E-state index contributed by atoms with van der Waals surface area (Å²) in [6, 6.07) is 0. The minimum absolute atomic E-state index is 0. The molecule has 0 radical (unpaired) electrons. The minimum Gasteiger partial charge on any atom is -0.357 e. The molecule has 7 heteroatoms. The predicted octanol–water partition coefficient (Wildman–Crippen LogP) is 2.76. The molecule has 134 valence electrons.